The first-order valence-corrected chi connectivity index (χ1v) is 6.11. The number of aryl methyl sites for hydroxylation is 1. The summed E-state index contributed by atoms with van der Waals surface area (Å²) >= 11 is 0. The van der Waals surface area contributed by atoms with Gasteiger partial charge in [-0.05, 0) is 31.7 Å². The minimum absolute atomic E-state index is 0.0197. The van der Waals surface area contributed by atoms with Crippen molar-refractivity contribution in [3.05, 3.63) is 35.9 Å². The largest absolute Gasteiger partial charge is 0.390 e. The van der Waals surface area contributed by atoms with Gasteiger partial charge < -0.3 is 9.84 Å². The Bertz CT molecular complexity index is 271. The van der Waals surface area contributed by atoms with Gasteiger partial charge in [-0.15, -0.1) is 0 Å². The Labute approximate surface area is 98.3 Å². The van der Waals surface area contributed by atoms with Crippen LogP contribution in [0.5, 0.6) is 0 Å². The number of hydrogen-bond donors (Lipinski definition) is 1. The molecule has 0 bridgehead atoms. The van der Waals surface area contributed by atoms with Gasteiger partial charge in [0.05, 0.1) is 12.2 Å². The molecule has 2 unspecified atom stereocenters. The van der Waals surface area contributed by atoms with E-state index in [0.29, 0.717) is 6.61 Å². The molecule has 0 aliphatic rings. The van der Waals surface area contributed by atoms with Crippen molar-refractivity contribution in [3.63, 3.8) is 0 Å². The van der Waals surface area contributed by atoms with Gasteiger partial charge in [-0.2, -0.15) is 0 Å². The molecule has 0 fully saturated rings. The summed E-state index contributed by atoms with van der Waals surface area (Å²) in [4.78, 5) is 0. The van der Waals surface area contributed by atoms with Crippen molar-refractivity contribution in [1.82, 2.24) is 0 Å². The highest BCUT2D eigenvalue weighted by atomic mass is 16.5. The Morgan fingerprint density at radius 2 is 1.88 bits per heavy atom. The molecule has 2 atom stereocenters. The smallest absolute Gasteiger partial charge is 0.0831 e. The lowest BCUT2D eigenvalue weighted by atomic mass is 10.0. The van der Waals surface area contributed by atoms with Crippen LogP contribution in [0.2, 0.25) is 0 Å². The van der Waals surface area contributed by atoms with Gasteiger partial charge in [0.15, 0.2) is 0 Å². The summed E-state index contributed by atoms with van der Waals surface area (Å²) in [6.45, 7) is 4.68. The first kappa shape index (κ1) is 13.2. The molecule has 16 heavy (non-hydrogen) atoms. The van der Waals surface area contributed by atoms with E-state index in [1.807, 2.05) is 32.0 Å². The van der Waals surface area contributed by atoms with Gasteiger partial charge in [-0.25, -0.2) is 0 Å². The summed E-state index contributed by atoms with van der Waals surface area (Å²) in [7, 11) is 0. The van der Waals surface area contributed by atoms with Crippen molar-refractivity contribution in [2.45, 2.75) is 45.3 Å². The summed E-state index contributed by atoms with van der Waals surface area (Å²) in [5, 5.41) is 9.98. The lowest BCUT2D eigenvalue weighted by Gasteiger charge is -2.21. The van der Waals surface area contributed by atoms with E-state index in [1.54, 1.807) is 0 Å². The van der Waals surface area contributed by atoms with Gasteiger partial charge in [-0.3, -0.25) is 0 Å². The predicted octanol–water partition coefficient (Wildman–Crippen LogP) is 2.80. The number of aliphatic hydroxyl groups is 1. The Balaban J connectivity index is 2.36. The standard InChI is InChI=1S/C14H22O2/c1-3-14(16-4-2)13(15)11-10-12-8-6-5-7-9-12/h5-9,13-15H,3-4,10-11H2,1-2H3. The average molecular weight is 222 g/mol. The maximum Gasteiger partial charge on any atom is 0.0831 e. The molecule has 0 heterocycles. The van der Waals surface area contributed by atoms with Crippen LogP contribution in [0, 0.1) is 0 Å². The summed E-state index contributed by atoms with van der Waals surface area (Å²) in [6, 6.07) is 10.3. The fourth-order valence-electron chi connectivity index (χ4n) is 1.86. The number of hydrogen-bond acceptors (Lipinski definition) is 2. The second kappa shape index (κ2) is 7.42. The minimum atomic E-state index is -0.356. The SMILES string of the molecule is CCOC(CC)C(O)CCc1ccccc1. The van der Waals surface area contributed by atoms with E-state index >= 15 is 0 Å². The normalized spacial score (nSPS) is 14.7. The first-order valence-electron chi connectivity index (χ1n) is 6.11. The third-order valence-electron chi connectivity index (χ3n) is 2.78. The van der Waals surface area contributed by atoms with Crippen LogP contribution < -0.4 is 0 Å². The van der Waals surface area contributed by atoms with Gasteiger partial charge >= 0.3 is 0 Å². The first-order chi connectivity index (χ1) is 7.77. The third kappa shape index (κ3) is 4.33. The Morgan fingerprint density at radius 3 is 2.44 bits per heavy atom. The third-order valence-corrected chi connectivity index (χ3v) is 2.78. The zero-order chi connectivity index (χ0) is 11.8. The highest BCUT2D eigenvalue weighted by Crippen LogP contribution is 2.11. The van der Waals surface area contributed by atoms with Crippen LogP contribution in [-0.4, -0.2) is 23.9 Å². The molecule has 0 amide bonds. The zero-order valence-electron chi connectivity index (χ0n) is 10.2. The highest BCUT2D eigenvalue weighted by molar-refractivity contribution is 5.14. The van der Waals surface area contributed by atoms with Crippen LogP contribution in [0.1, 0.15) is 32.3 Å². The van der Waals surface area contributed by atoms with E-state index < -0.39 is 0 Å². The molecule has 1 aromatic rings. The molecule has 2 heteroatoms. The fourth-order valence-corrected chi connectivity index (χ4v) is 1.86. The van der Waals surface area contributed by atoms with Crippen molar-refractivity contribution in [2.24, 2.45) is 0 Å². The molecule has 0 saturated carbocycles. The second-order valence-corrected chi connectivity index (χ2v) is 3.99. The van der Waals surface area contributed by atoms with Gasteiger partial charge in [-0.1, -0.05) is 37.3 Å². The van der Waals surface area contributed by atoms with Gasteiger partial charge in [0, 0.05) is 6.61 Å². The van der Waals surface area contributed by atoms with E-state index in [2.05, 4.69) is 12.1 Å². The quantitative estimate of drug-likeness (QED) is 0.768. The lowest BCUT2D eigenvalue weighted by Crippen LogP contribution is -2.28. The maximum absolute atomic E-state index is 9.98. The second-order valence-electron chi connectivity index (χ2n) is 3.99. The van der Waals surface area contributed by atoms with Crippen LogP contribution in [0.25, 0.3) is 0 Å². The van der Waals surface area contributed by atoms with Gasteiger partial charge in [0.2, 0.25) is 0 Å². The fraction of sp³-hybridized carbons (Fsp3) is 0.571. The minimum Gasteiger partial charge on any atom is -0.390 e. The topological polar surface area (TPSA) is 29.5 Å². The van der Waals surface area contributed by atoms with E-state index in [9.17, 15) is 5.11 Å². The number of aliphatic hydroxyl groups excluding tert-OH is 1. The molecule has 0 aliphatic carbocycles. The molecule has 0 aromatic heterocycles. The highest BCUT2D eigenvalue weighted by Gasteiger charge is 2.16. The Morgan fingerprint density at radius 1 is 1.19 bits per heavy atom. The number of rotatable bonds is 7. The van der Waals surface area contributed by atoms with Crippen molar-refractivity contribution in [1.29, 1.82) is 0 Å². The van der Waals surface area contributed by atoms with Gasteiger partial charge in [0.1, 0.15) is 0 Å². The lowest BCUT2D eigenvalue weighted by molar-refractivity contribution is -0.0369. The predicted molar refractivity (Wildman–Crippen MR) is 66.5 cm³/mol. The summed E-state index contributed by atoms with van der Waals surface area (Å²) < 4.78 is 5.49. The van der Waals surface area contributed by atoms with Crippen LogP contribution >= 0.6 is 0 Å². The van der Waals surface area contributed by atoms with E-state index in [-0.39, 0.29) is 12.2 Å². The molecular weight excluding hydrogens is 200 g/mol. The molecule has 1 rings (SSSR count). The molecule has 2 nitrogen and oxygen atoms in total. The molecule has 1 aromatic carbocycles. The molecular formula is C14H22O2. The van der Waals surface area contributed by atoms with Crippen LogP contribution in [0.4, 0.5) is 0 Å². The van der Waals surface area contributed by atoms with Crippen molar-refractivity contribution >= 4 is 0 Å². The molecule has 0 saturated heterocycles. The van der Waals surface area contributed by atoms with Crippen molar-refractivity contribution < 1.29 is 9.84 Å². The molecule has 0 aliphatic heterocycles. The van der Waals surface area contributed by atoms with E-state index in [1.165, 1.54) is 5.56 Å². The van der Waals surface area contributed by atoms with Crippen molar-refractivity contribution in [3.8, 4) is 0 Å². The van der Waals surface area contributed by atoms with Crippen LogP contribution in [0.15, 0.2) is 30.3 Å². The summed E-state index contributed by atoms with van der Waals surface area (Å²) in [6.07, 6.45) is 2.16. The monoisotopic (exact) mass is 222 g/mol. The Hall–Kier alpha value is -0.860. The molecule has 90 valence electrons. The van der Waals surface area contributed by atoms with Crippen LogP contribution in [-0.2, 0) is 11.2 Å². The average Bonchev–Trinajstić information content (AvgIpc) is 2.34. The number of ether oxygens (including phenoxy) is 1. The molecule has 0 radical (unpaired) electrons. The van der Waals surface area contributed by atoms with E-state index in [4.69, 9.17) is 4.74 Å². The molecule has 1 N–H and O–H groups in total. The van der Waals surface area contributed by atoms with E-state index in [0.717, 1.165) is 19.3 Å². The van der Waals surface area contributed by atoms with Crippen LogP contribution in [0.3, 0.4) is 0 Å². The summed E-state index contributed by atoms with van der Waals surface area (Å²) in [5.74, 6) is 0. The number of benzene rings is 1. The zero-order valence-corrected chi connectivity index (χ0v) is 10.2. The van der Waals surface area contributed by atoms with Gasteiger partial charge in [0.25, 0.3) is 0 Å². The van der Waals surface area contributed by atoms with Crippen molar-refractivity contribution in [2.75, 3.05) is 6.61 Å². The molecule has 0 spiro atoms. The Kier molecular flexibility index (Phi) is 6.12. The maximum atomic E-state index is 9.98. The summed E-state index contributed by atoms with van der Waals surface area (Å²) in [5.41, 5.74) is 1.27.